The van der Waals surface area contributed by atoms with Crippen molar-refractivity contribution in [2.45, 2.75) is 45.3 Å². The van der Waals surface area contributed by atoms with Crippen molar-refractivity contribution in [1.82, 2.24) is 19.6 Å². The topological polar surface area (TPSA) is 41.4 Å². The second kappa shape index (κ2) is 8.30. The van der Waals surface area contributed by atoms with Crippen LogP contribution in [0.25, 0.3) is 0 Å². The largest absolute Gasteiger partial charge is 0.331 e. The van der Waals surface area contributed by atoms with Gasteiger partial charge < -0.3 is 9.80 Å². The minimum absolute atomic E-state index is 0.0979. The number of likely N-dealkylation sites (tertiary alicyclic amines) is 1. The zero-order valence-corrected chi connectivity index (χ0v) is 15.3. The Morgan fingerprint density at radius 2 is 1.96 bits per heavy atom. The van der Waals surface area contributed by atoms with Crippen molar-refractivity contribution in [3.63, 3.8) is 0 Å². The van der Waals surface area contributed by atoms with Crippen LogP contribution in [-0.4, -0.2) is 51.7 Å². The smallest absolute Gasteiger partial charge is 0.257 e. The van der Waals surface area contributed by atoms with Gasteiger partial charge in [0.25, 0.3) is 5.91 Å². The summed E-state index contributed by atoms with van der Waals surface area (Å²) in [6.45, 7) is 5.70. The molecule has 2 heterocycles. The van der Waals surface area contributed by atoms with Crippen LogP contribution in [0.15, 0.2) is 42.7 Å². The second-order valence-corrected chi connectivity index (χ2v) is 6.95. The van der Waals surface area contributed by atoms with Gasteiger partial charge in [0.15, 0.2) is 0 Å². The van der Waals surface area contributed by atoms with Crippen LogP contribution >= 0.6 is 0 Å². The summed E-state index contributed by atoms with van der Waals surface area (Å²) in [4.78, 5) is 17.6. The Hall–Kier alpha value is -2.14. The molecular formula is C20H28N4O. The molecule has 1 aliphatic rings. The third kappa shape index (κ3) is 4.48. The predicted molar refractivity (Wildman–Crippen MR) is 99.4 cm³/mol. The lowest BCUT2D eigenvalue weighted by molar-refractivity contribution is 0.0569. The Bertz CT molecular complexity index is 674. The van der Waals surface area contributed by atoms with Crippen molar-refractivity contribution in [3.05, 3.63) is 53.9 Å². The molecule has 1 aromatic heterocycles. The fourth-order valence-electron chi connectivity index (χ4n) is 3.44. The van der Waals surface area contributed by atoms with Gasteiger partial charge in [0.2, 0.25) is 0 Å². The first-order chi connectivity index (χ1) is 12.2. The molecule has 0 saturated carbocycles. The third-order valence-electron chi connectivity index (χ3n) is 4.92. The van der Waals surface area contributed by atoms with Gasteiger partial charge in [-0.1, -0.05) is 37.3 Å². The maximum atomic E-state index is 13.2. The van der Waals surface area contributed by atoms with Crippen LogP contribution in [0.1, 0.15) is 42.1 Å². The van der Waals surface area contributed by atoms with Crippen molar-refractivity contribution in [1.29, 1.82) is 0 Å². The van der Waals surface area contributed by atoms with E-state index in [0.717, 1.165) is 38.9 Å². The molecule has 1 fully saturated rings. The van der Waals surface area contributed by atoms with E-state index in [1.165, 1.54) is 5.56 Å². The summed E-state index contributed by atoms with van der Waals surface area (Å²) in [5, 5.41) is 4.33. The fourth-order valence-corrected chi connectivity index (χ4v) is 3.44. The van der Waals surface area contributed by atoms with Gasteiger partial charge in [0, 0.05) is 25.3 Å². The summed E-state index contributed by atoms with van der Waals surface area (Å²) in [6, 6.07) is 10.6. The molecule has 0 N–H and O–H groups in total. The van der Waals surface area contributed by atoms with Gasteiger partial charge in [-0.2, -0.15) is 5.10 Å². The Morgan fingerprint density at radius 1 is 1.24 bits per heavy atom. The molecule has 1 saturated heterocycles. The highest BCUT2D eigenvalue weighted by Gasteiger charge is 2.28. The van der Waals surface area contributed by atoms with Crippen molar-refractivity contribution in [3.8, 4) is 0 Å². The molecule has 0 radical (unpaired) electrons. The van der Waals surface area contributed by atoms with Gasteiger partial charge >= 0.3 is 0 Å². The lowest BCUT2D eigenvalue weighted by Gasteiger charge is -2.37. The van der Waals surface area contributed by atoms with E-state index in [2.05, 4.69) is 41.0 Å². The zero-order valence-electron chi connectivity index (χ0n) is 15.3. The summed E-state index contributed by atoms with van der Waals surface area (Å²) in [5.41, 5.74) is 1.87. The van der Waals surface area contributed by atoms with E-state index in [1.54, 1.807) is 6.20 Å². The minimum atomic E-state index is 0.0979. The molecule has 5 nitrogen and oxygen atoms in total. The first-order valence-electron chi connectivity index (χ1n) is 9.23. The number of hydrogen-bond acceptors (Lipinski definition) is 3. The summed E-state index contributed by atoms with van der Waals surface area (Å²) in [7, 11) is 2.15. The molecule has 134 valence electrons. The highest BCUT2D eigenvalue weighted by atomic mass is 16.2. The molecule has 25 heavy (non-hydrogen) atoms. The number of amides is 1. The van der Waals surface area contributed by atoms with Gasteiger partial charge in [0.1, 0.15) is 0 Å². The monoisotopic (exact) mass is 340 g/mol. The maximum absolute atomic E-state index is 13.2. The predicted octanol–water partition coefficient (Wildman–Crippen LogP) is 3.03. The maximum Gasteiger partial charge on any atom is 0.257 e. The molecule has 3 rings (SSSR count). The average Bonchev–Trinajstić information content (AvgIpc) is 3.10. The number of aromatic nitrogens is 2. The first-order valence-corrected chi connectivity index (χ1v) is 9.23. The van der Waals surface area contributed by atoms with Crippen LogP contribution in [0.3, 0.4) is 0 Å². The molecule has 1 aromatic carbocycles. The number of aryl methyl sites for hydroxylation is 1. The molecule has 0 spiro atoms. The molecule has 0 unspecified atom stereocenters. The van der Waals surface area contributed by atoms with Crippen LogP contribution in [0, 0.1) is 0 Å². The molecule has 0 atom stereocenters. The lowest BCUT2D eigenvalue weighted by Crippen LogP contribution is -2.46. The van der Waals surface area contributed by atoms with Gasteiger partial charge in [-0.15, -0.1) is 0 Å². The van der Waals surface area contributed by atoms with Crippen LogP contribution in [0.2, 0.25) is 0 Å². The molecule has 1 amide bonds. The molecule has 0 aliphatic carbocycles. The summed E-state index contributed by atoms with van der Waals surface area (Å²) < 4.78 is 1.86. The Balaban J connectivity index is 1.80. The zero-order chi connectivity index (χ0) is 17.6. The first kappa shape index (κ1) is 17.7. The normalized spacial score (nSPS) is 16.1. The van der Waals surface area contributed by atoms with E-state index >= 15 is 0 Å². The number of benzene rings is 1. The molecule has 0 bridgehead atoms. The Kier molecular flexibility index (Phi) is 5.87. The van der Waals surface area contributed by atoms with Crippen LogP contribution in [0.5, 0.6) is 0 Å². The van der Waals surface area contributed by atoms with E-state index in [9.17, 15) is 4.79 Å². The van der Waals surface area contributed by atoms with Crippen LogP contribution < -0.4 is 0 Å². The summed E-state index contributed by atoms with van der Waals surface area (Å²) >= 11 is 0. The SMILES string of the molecule is CCCn1cc(C(=O)N(Cc2ccccc2)C2CCN(C)CC2)cn1. The third-order valence-corrected chi connectivity index (χ3v) is 4.92. The van der Waals surface area contributed by atoms with Gasteiger partial charge in [-0.3, -0.25) is 9.48 Å². The summed E-state index contributed by atoms with van der Waals surface area (Å²) in [6.07, 6.45) is 6.66. The van der Waals surface area contributed by atoms with Crippen molar-refractivity contribution in [2.75, 3.05) is 20.1 Å². The molecule has 5 heteroatoms. The van der Waals surface area contributed by atoms with Crippen molar-refractivity contribution < 1.29 is 4.79 Å². The molecular weight excluding hydrogens is 312 g/mol. The minimum Gasteiger partial charge on any atom is -0.331 e. The van der Waals surface area contributed by atoms with Gasteiger partial charge in [0.05, 0.1) is 11.8 Å². The van der Waals surface area contributed by atoms with E-state index in [1.807, 2.05) is 29.1 Å². The number of carbonyl (C=O) groups excluding carboxylic acids is 1. The standard InChI is InChI=1S/C20H28N4O/c1-3-11-23-16-18(14-21-23)20(25)24(15-17-7-5-4-6-8-17)19-9-12-22(2)13-10-19/h4-8,14,16,19H,3,9-13,15H2,1-2H3. The van der Waals surface area contributed by atoms with E-state index in [-0.39, 0.29) is 5.91 Å². The second-order valence-electron chi connectivity index (χ2n) is 6.95. The average molecular weight is 340 g/mol. The summed E-state index contributed by atoms with van der Waals surface area (Å²) in [5.74, 6) is 0.0979. The number of piperidine rings is 1. The van der Waals surface area contributed by atoms with E-state index in [4.69, 9.17) is 0 Å². The van der Waals surface area contributed by atoms with Gasteiger partial charge in [-0.05, 0) is 45.0 Å². The van der Waals surface area contributed by atoms with E-state index < -0.39 is 0 Å². The molecule has 1 aliphatic heterocycles. The highest BCUT2D eigenvalue weighted by molar-refractivity contribution is 5.94. The van der Waals surface area contributed by atoms with Crippen molar-refractivity contribution >= 4 is 5.91 Å². The van der Waals surface area contributed by atoms with Gasteiger partial charge in [-0.25, -0.2) is 0 Å². The highest BCUT2D eigenvalue weighted by Crippen LogP contribution is 2.21. The lowest BCUT2D eigenvalue weighted by atomic mass is 10.0. The fraction of sp³-hybridized carbons (Fsp3) is 0.500. The van der Waals surface area contributed by atoms with E-state index in [0.29, 0.717) is 18.2 Å². The Morgan fingerprint density at radius 3 is 2.64 bits per heavy atom. The molecule has 2 aromatic rings. The number of hydrogen-bond donors (Lipinski definition) is 0. The van der Waals surface area contributed by atoms with Crippen LogP contribution in [0.4, 0.5) is 0 Å². The number of nitrogens with zero attached hydrogens (tertiary/aromatic N) is 4. The number of carbonyl (C=O) groups is 1. The quantitative estimate of drug-likeness (QED) is 0.812. The Labute approximate surface area is 150 Å². The van der Waals surface area contributed by atoms with Crippen molar-refractivity contribution in [2.24, 2.45) is 0 Å². The number of rotatable bonds is 6. The van der Waals surface area contributed by atoms with Crippen LogP contribution in [-0.2, 0) is 13.1 Å².